The van der Waals surface area contributed by atoms with Crippen molar-refractivity contribution < 1.29 is 18.0 Å². The third-order valence-corrected chi connectivity index (χ3v) is 5.86. The van der Waals surface area contributed by atoms with Crippen molar-refractivity contribution in [2.24, 2.45) is 5.41 Å². The molecule has 9 heteroatoms. The summed E-state index contributed by atoms with van der Waals surface area (Å²) in [6.45, 7) is 3.65. The highest BCUT2D eigenvalue weighted by atomic mass is 35.5. The number of alkyl halides is 3. The van der Waals surface area contributed by atoms with Crippen LogP contribution in [0.25, 0.3) is 0 Å². The molecular formula is C19H20ClF3N4O. The Morgan fingerprint density at radius 1 is 1.14 bits per heavy atom. The normalized spacial score (nSPS) is 23.1. The van der Waals surface area contributed by atoms with Gasteiger partial charge in [0.15, 0.2) is 0 Å². The largest absolute Gasteiger partial charge is 0.416 e. The summed E-state index contributed by atoms with van der Waals surface area (Å²) in [5.41, 5.74) is 0.276. The van der Waals surface area contributed by atoms with E-state index in [0.29, 0.717) is 24.7 Å². The van der Waals surface area contributed by atoms with Gasteiger partial charge in [0, 0.05) is 31.6 Å². The molecule has 0 saturated carbocycles. The van der Waals surface area contributed by atoms with Gasteiger partial charge in [-0.25, -0.2) is 4.79 Å². The molecule has 5 nitrogen and oxygen atoms in total. The van der Waals surface area contributed by atoms with Crippen molar-refractivity contribution >= 4 is 17.6 Å². The van der Waals surface area contributed by atoms with Crippen LogP contribution in [0.3, 0.4) is 0 Å². The standard InChI is InChI=1S/C19H20ClF3N4O/c20-16-9-24-27(11-16)17(28)26-8-6-18(13-26)5-7-25(12-18)10-14-1-3-15(4-2-14)19(21,22)23/h1-4,9,11H,5-8,10,12-13H2. The summed E-state index contributed by atoms with van der Waals surface area (Å²) in [6, 6.07) is 5.17. The zero-order chi connectivity index (χ0) is 19.9. The molecule has 1 amide bonds. The number of likely N-dealkylation sites (tertiary alicyclic amines) is 2. The number of halogens is 4. The molecule has 4 rings (SSSR count). The number of hydrogen-bond donors (Lipinski definition) is 0. The first-order valence-electron chi connectivity index (χ1n) is 9.12. The highest BCUT2D eigenvalue weighted by Crippen LogP contribution is 2.40. The van der Waals surface area contributed by atoms with Gasteiger partial charge in [-0.1, -0.05) is 23.7 Å². The lowest BCUT2D eigenvalue weighted by Crippen LogP contribution is -2.36. The summed E-state index contributed by atoms with van der Waals surface area (Å²) >= 11 is 5.84. The van der Waals surface area contributed by atoms with E-state index in [1.54, 1.807) is 17.0 Å². The lowest BCUT2D eigenvalue weighted by atomic mass is 9.86. The van der Waals surface area contributed by atoms with Gasteiger partial charge in [0.05, 0.1) is 23.0 Å². The Morgan fingerprint density at radius 3 is 2.50 bits per heavy atom. The summed E-state index contributed by atoms with van der Waals surface area (Å²) in [5.74, 6) is 0. The first kappa shape index (κ1) is 19.3. The SMILES string of the molecule is O=C(N1CCC2(CCN(Cc3ccc(C(F)(F)F)cc3)C2)C1)n1cc(Cl)cn1. The Kier molecular flexibility index (Phi) is 4.87. The fourth-order valence-electron chi connectivity index (χ4n) is 4.20. The molecule has 0 radical (unpaired) electrons. The number of benzene rings is 1. The highest BCUT2D eigenvalue weighted by Gasteiger charge is 2.45. The molecule has 0 aliphatic carbocycles. The Morgan fingerprint density at radius 2 is 1.86 bits per heavy atom. The van der Waals surface area contributed by atoms with Gasteiger partial charge >= 0.3 is 12.2 Å². The molecule has 1 atom stereocenters. The number of amides is 1. The zero-order valence-corrected chi connectivity index (χ0v) is 15.9. The minimum absolute atomic E-state index is 0.0402. The van der Waals surface area contributed by atoms with Crippen LogP contribution in [0.5, 0.6) is 0 Å². The average molecular weight is 413 g/mol. The fraction of sp³-hybridized carbons (Fsp3) is 0.474. The van der Waals surface area contributed by atoms with E-state index < -0.39 is 11.7 Å². The molecule has 1 aromatic heterocycles. The topological polar surface area (TPSA) is 41.4 Å². The molecule has 28 heavy (non-hydrogen) atoms. The van der Waals surface area contributed by atoms with Crippen LogP contribution in [-0.4, -0.2) is 51.8 Å². The summed E-state index contributed by atoms with van der Waals surface area (Å²) in [6.07, 6.45) is 0.510. The van der Waals surface area contributed by atoms with Crippen LogP contribution in [0.1, 0.15) is 24.0 Å². The third-order valence-electron chi connectivity index (χ3n) is 5.66. The van der Waals surface area contributed by atoms with Gasteiger partial charge in [-0.05, 0) is 37.1 Å². The summed E-state index contributed by atoms with van der Waals surface area (Å²) in [5, 5.41) is 4.40. The van der Waals surface area contributed by atoms with Gasteiger partial charge < -0.3 is 4.90 Å². The Labute approximate surface area is 165 Å². The average Bonchev–Trinajstić information content (AvgIpc) is 3.36. The van der Waals surface area contributed by atoms with Crippen molar-refractivity contribution in [2.45, 2.75) is 25.6 Å². The maximum atomic E-state index is 12.7. The van der Waals surface area contributed by atoms with Crippen molar-refractivity contribution in [3.8, 4) is 0 Å². The molecule has 2 aliphatic rings. The van der Waals surface area contributed by atoms with E-state index in [1.165, 1.54) is 17.1 Å². The minimum atomic E-state index is -4.31. The second-order valence-corrected chi connectivity index (χ2v) is 8.15. The van der Waals surface area contributed by atoms with Gasteiger partial charge in [-0.3, -0.25) is 4.90 Å². The van der Waals surface area contributed by atoms with Gasteiger partial charge in [0.25, 0.3) is 0 Å². The summed E-state index contributed by atoms with van der Waals surface area (Å²) in [7, 11) is 0. The van der Waals surface area contributed by atoms with Crippen molar-refractivity contribution in [1.82, 2.24) is 19.6 Å². The highest BCUT2D eigenvalue weighted by molar-refractivity contribution is 6.30. The maximum Gasteiger partial charge on any atom is 0.416 e. The van der Waals surface area contributed by atoms with Crippen LogP contribution >= 0.6 is 11.6 Å². The molecule has 1 aromatic carbocycles. The smallest absolute Gasteiger partial charge is 0.322 e. The van der Waals surface area contributed by atoms with Crippen LogP contribution in [0, 0.1) is 5.41 Å². The quantitative estimate of drug-likeness (QED) is 0.745. The van der Waals surface area contributed by atoms with Crippen LogP contribution in [0.2, 0.25) is 5.02 Å². The van der Waals surface area contributed by atoms with Crippen molar-refractivity contribution in [3.05, 3.63) is 52.8 Å². The third kappa shape index (κ3) is 3.89. The van der Waals surface area contributed by atoms with Crippen LogP contribution in [0.4, 0.5) is 18.0 Å². The van der Waals surface area contributed by atoms with E-state index in [1.807, 2.05) is 0 Å². The lowest BCUT2D eigenvalue weighted by molar-refractivity contribution is -0.137. The Bertz CT molecular complexity index is 867. The van der Waals surface area contributed by atoms with E-state index in [4.69, 9.17) is 11.6 Å². The molecule has 0 bridgehead atoms. The maximum absolute atomic E-state index is 12.7. The van der Waals surface area contributed by atoms with Gasteiger partial charge in [0.1, 0.15) is 0 Å². The second kappa shape index (κ2) is 7.08. The summed E-state index contributed by atoms with van der Waals surface area (Å²) < 4.78 is 39.3. The van der Waals surface area contributed by atoms with Crippen LogP contribution in [0.15, 0.2) is 36.7 Å². The first-order valence-corrected chi connectivity index (χ1v) is 9.50. The van der Waals surface area contributed by atoms with Crippen molar-refractivity contribution in [1.29, 1.82) is 0 Å². The molecule has 2 aliphatic heterocycles. The molecule has 2 fully saturated rings. The number of carbonyl (C=O) groups is 1. The number of rotatable bonds is 2. The van der Waals surface area contributed by atoms with Crippen LogP contribution in [-0.2, 0) is 12.7 Å². The molecule has 2 saturated heterocycles. The zero-order valence-electron chi connectivity index (χ0n) is 15.1. The summed E-state index contributed by atoms with van der Waals surface area (Å²) in [4.78, 5) is 16.6. The van der Waals surface area contributed by atoms with E-state index in [9.17, 15) is 18.0 Å². The molecule has 3 heterocycles. The number of hydrogen-bond acceptors (Lipinski definition) is 3. The fourth-order valence-corrected chi connectivity index (χ4v) is 4.34. The number of carbonyl (C=O) groups excluding carboxylic acids is 1. The van der Waals surface area contributed by atoms with E-state index in [-0.39, 0.29) is 11.4 Å². The van der Waals surface area contributed by atoms with Crippen LogP contribution < -0.4 is 0 Å². The monoisotopic (exact) mass is 412 g/mol. The molecule has 1 unspecified atom stereocenters. The number of aromatic nitrogens is 2. The van der Waals surface area contributed by atoms with E-state index in [2.05, 4.69) is 10.00 Å². The molecule has 2 aromatic rings. The van der Waals surface area contributed by atoms with Crippen molar-refractivity contribution in [2.75, 3.05) is 26.2 Å². The Hall–Kier alpha value is -2.06. The minimum Gasteiger partial charge on any atom is -0.322 e. The van der Waals surface area contributed by atoms with Gasteiger partial charge in [0.2, 0.25) is 0 Å². The molecular weight excluding hydrogens is 393 g/mol. The molecule has 0 N–H and O–H groups in total. The predicted octanol–water partition coefficient (Wildman–Crippen LogP) is 4.12. The Balaban J connectivity index is 1.36. The van der Waals surface area contributed by atoms with Gasteiger partial charge in [-0.15, -0.1) is 0 Å². The number of nitrogens with zero attached hydrogens (tertiary/aromatic N) is 4. The van der Waals surface area contributed by atoms with E-state index >= 15 is 0 Å². The second-order valence-electron chi connectivity index (χ2n) is 7.71. The van der Waals surface area contributed by atoms with Crippen molar-refractivity contribution in [3.63, 3.8) is 0 Å². The van der Waals surface area contributed by atoms with E-state index in [0.717, 1.165) is 43.6 Å². The predicted molar refractivity (Wildman–Crippen MR) is 98.0 cm³/mol. The lowest BCUT2D eigenvalue weighted by Gasteiger charge is -2.24. The molecule has 150 valence electrons. The first-order chi connectivity index (χ1) is 13.2. The van der Waals surface area contributed by atoms with Gasteiger partial charge in [-0.2, -0.15) is 23.0 Å². The molecule has 1 spiro atoms.